The van der Waals surface area contributed by atoms with Crippen LogP contribution >= 0.6 is 11.3 Å². The smallest absolute Gasteiger partial charge is 0.226 e. The number of carbonyl (C=O) groups is 1. The topological polar surface area (TPSA) is 42.0 Å². The quantitative estimate of drug-likeness (QED) is 0.579. The molecule has 1 heterocycles. The lowest BCUT2D eigenvalue weighted by Gasteiger charge is -2.14. The molecule has 0 spiro atoms. The average Bonchev–Trinajstić information content (AvgIpc) is 3.11. The SMILES string of the molecule is CCC(CC)NC(=O)Cc1nc(-c2ccccc2)sc1-c1ccc(C)cc1. The number of aryl methyl sites for hydroxylation is 1. The van der Waals surface area contributed by atoms with Gasteiger partial charge in [0.05, 0.1) is 17.0 Å². The Morgan fingerprint density at radius 2 is 1.67 bits per heavy atom. The zero-order chi connectivity index (χ0) is 19.2. The van der Waals surface area contributed by atoms with Crippen molar-refractivity contribution in [3.63, 3.8) is 0 Å². The van der Waals surface area contributed by atoms with Gasteiger partial charge in [-0.15, -0.1) is 11.3 Å². The molecular weight excluding hydrogens is 352 g/mol. The highest BCUT2D eigenvalue weighted by molar-refractivity contribution is 7.18. The Hall–Kier alpha value is -2.46. The van der Waals surface area contributed by atoms with Gasteiger partial charge in [0, 0.05) is 11.6 Å². The Morgan fingerprint density at radius 1 is 1.00 bits per heavy atom. The van der Waals surface area contributed by atoms with Crippen LogP contribution in [0.2, 0.25) is 0 Å². The summed E-state index contributed by atoms with van der Waals surface area (Å²) in [6, 6.07) is 18.8. The standard InChI is InChI=1S/C23H26N2OS/c1-4-19(5-2)24-21(26)15-20-22(17-13-11-16(3)12-14-17)27-23(25-20)18-9-7-6-8-10-18/h6-14,19H,4-5,15H2,1-3H3,(H,24,26). The van der Waals surface area contributed by atoms with Crippen LogP contribution in [-0.4, -0.2) is 16.9 Å². The summed E-state index contributed by atoms with van der Waals surface area (Å²) in [5, 5.41) is 4.08. The summed E-state index contributed by atoms with van der Waals surface area (Å²) in [7, 11) is 0. The first kappa shape index (κ1) is 19.3. The van der Waals surface area contributed by atoms with Crippen LogP contribution in [0.1, 0.15) is 37.9 Å². The van der Waals surface area contributed by atoms with Gasteiger partial charge in [-0.2, -0.15) is 0 Å². The second-order valence-electron chi connectivity index (χ2n) is 6.78. The van der Waals surface area contributed by atoms with Gasteiger partial charge in [-0.3, -0.25) is 4.79 Å². The van der Waals surface area contributed by atoms with Gasteiger partial charge in [0.15, 0.2) is 0 Å². The van der Waals surface area contributed by atoms with Crippen molar-refractivity contribution < 1.29 is 4.79 Å². The minimum Gasteiger partial charge on any atom is -0.353 e. The van der Waals surface area contributed by atoms with E-state index >= 15 is 0 Å². The number of amides is 1. The summed E-state index contributed by atoms with van der Waals surface area (Å²) in [6.07, 6.45) is 2.20. The maximum Gasteiger partial charge on any atom is 0.226 e. The number of rotatable bonds is 7. The molecule has 0 fully saturated rings. The molecule has 1 amide bonds. The number of benzene rings is 2. The number of carbonyl (C=O) groups excluding carboxylic acids is 1. The number of nitrogens with zero attached hydrogens (tertiary/aromatic N) is 1. The molecule has 0 bridgehead atoms. The molecule has 0 radical (unpaired) electrons. The third kappa shape index (κ3) is 4.83. The van der Waals surface area contributed by atoms with Crippen LogP contribution in [0.4, 0.5) is 0 Å². The van der Waals surface area contributed by atoms with Gasteiger partial charge in [-0.25, -0.2) is 4.98 Å². The van der Waals surface area contributed by atoms with Crippen molar-refractivity contribution in [1.82, 2.24) is 10.3 Å². The lowest BCUT2D eigenvalue weighted by atomic mass is 10.1. The van der Waals surface area contributed by atoms with E-state index in [-0.39, 0.29) is 11.9 Å². The fraction of sp³-hybridized carbons (Fsp3) is 0.304. The minimum atomic E-state index is 0.0435. The van der Waals surface area contributed by atoms with Crippen LogP contribution in [0.15, 0.2) is 54.6 Å². The molecule has 0 aliphatic heterocycles. The van der Waals surface area contributed by atoms with E-state index in [2.05, 4.69) is 62.5 Å². The molecule has 0 atom stereocenters. The van der Waals surface area contributed by atoms with Crippen molar-refractivity contribution in [2.24, 2.45) is 0 Å². The lowest BCUT2D eigenvalue weighted by Crippen LogP contribution is -2.35. The highest BCUT2D eigenvalue weighted by Crippen LogP contribution is 2.35. The van der Waals surface area contributed by atoms with Crippen molar-refractivity contribution in [2.45, 2.75) is 46.1 Å². The number of thiazole rings is 1. The maximum atomic E-state index is 12.6. The van der Waals surface area contributed by atoms with Crippen molar-refractivity contribution in [3.05, 3.63) is 65.9 Å². The Labute approximate surface area is 165 Å². The van der Waals surface area contributed by atoms with E-state index in [0.717, 1.165) is 39.5 Å². The van der Waals surface area contributed by atoms with E-state index < -0.39 is 0 Å². The van der Waals surface area contributed by atoms with Gasteiger partial charge < -0.3 is 5.32 Å². The molecule has 3 aromatic rings. The monoisotopic (exact) mass is 378 g/mol. The third-order valence-corrected chi connectivity index (χ3v) is 5.91. The second kappa shape index (κ2) is 8.96. The van der Waals surface area contributed by atoms with Crippen LogP contribution in [0.3, 0.4) is 0 Å². The number of hydrogen-bond acceptors (Lipinski definition) is 3. The Morgan fingerprint density at radius 3 is 2.30 bits per heavy atom. The van der Waals surface area contributed by atoms with Gasteiger partial charge in [0.2, 0.25) is 5.91 Å². The van der Waals surface area contributed by atoms with E-state index in [0.29, 0.717) is 6.42 Å². The van der Waals surface area contributed by atoms with Crippen LogP contribution in [0.5, 0.6) is 0 Å². The summed E-state index contributed by atoms with van der Waals surface area (Å²) in [4.78, 5) is 18.5. The minimum absolute atomic E-state index is 0.0435. The normalized spacial score (nSPS) is 11.0. The molecular formula is C23H26N2OS. The molecule has 27 heavy (non-hydrogen) atoms. The van der Waals surface area contributed by atoms with Gasteiger partial charge in [0.1, 0.15) is 5.01 Å². The zero-order valence-electron chi connectivity index (χ0n) is 16.2. The second-order valence-corrected chi connectivity index (χ2v) is 7.78. The first-order valence-electron chi connectivity index (χ1n) is 9.52. The zero-order valence-corrected chi connectivity index (χ0v) is 17.0. The van der Waals surface area contributed by atoms with Crippen molar-refractivity contribution >= 4 is 17.2 Å². The first-order valence-corrected chi connectivity index (χ1v) is 10.3. The summed E-state index contributed by atoms with van der Waals surface area (Å²) >= 11 is 1.65. The molecule has 0 aliphatic rings. The number of hydrogen-bond donors (Lipinski definition) is 1. The summed E-state index contributed by atoms with van der Waals surface area (Å²) in [5.41, 5.74) is 4.28. The van der Waals surface area contributed by atoms with Gasteiger partial charge in [0.25, 0.3) is 0 Å². The molecule has 140 valence electrons. The van der Waals surface area contributed by atoms with Crippen LogP contribution in [0, 0.1) is 6.92 Å². The van der Waals surface area contributed by atoms with Crippen LogP contribution in [-0.2, 0) is 11.2 Å². The lowest BCUT2D eigenvalue weighted by molar-refractivity contribution is -0.121. The summed E-state index contributed by atoms with van der Waals surface area (Å²) in [6.45, 7) is 6.28. The summed E-state index contributed by atoms with van der Waals surface area (Å²) < 4.78 is 0. The van der Waals surface area contributed by atoms with Crippen molar-refractivity contribution in [1.29, 1.82) is 0 Å². The van der Waals surface area contributed by atoms with E-state index in [4.69, 9.17) is 4.98 Å². The number of nitrogens with one attached hydrogen (secondary N) is 1. The molecule has 3 nitrogen and oxygen atoms in total. The predicted octanol–water partition coefficient (Wildman–Crippen LogP) is 5.63. The Kier molecular flexibility index (Phi) is 6.40. The molecule has 0 saturated heterocycles. The predicted molar refractivity (Wildman–Crippen MR) is 114 cm³/mol. The van der Waals surface area contributed by atoms with Crippen LogP contribution in [0.25, 0.3) is 21.0 Å². The molecule has 3 rings (SSSR count). The molecule has 0 saturated carbocycles. The molecule has 1 aromatic heterocycles. The van der Waals surface area contributed by atoms with Crippen molar-refractivity contribution in [2.75, 3.05) is 0 Å². The molecule has 1 N–H and O–H groups in total. The molecule has 0 aliphatic carbocycles. The van der Waals surface area contributed by atoms with E-state index in [1.165, 1.54) is 5.56 Å². The van der Waals surface area contributed by atoms with E-state index in [1.54, 1.807) is 11.3 Å². The highest BCUT2D eigenvalue weighted by atomic mass is 32.1. The van der Waals surface area contributed by atoms with Gasteiger partial charge >= 0.3 is 0 Å². The van der Waals surface area contributed by atoms with Gasteiger partial charge in [-0.05, 0) is 25.3 Å². The fourth-order valence-electron chi connectivity index (χ4n) is 3.03. The largest absolute Gasteiger partial charge is 0.353 e. The molecule has 0 unspecified atom stereocenters. The molecule has 2 aromatic carbocycles. The summed E-state index contributed by atoms with van der Waals surface area (Å²) in [5.74, 6) is 0.0435. The van der Waals surface area contributed by atoms with E-state index in [1.807, 2.05) is 18.2 Å². The van der Waals surface area contributed by atoms with E-state index in [9.17, 15) is 4.79 Å². The van der Waals surface area contributed by atoms with Crippen LogP contribution < -0.4 is 5.32 Å². The van der Waals surface area contributed by atoms with Crippen molar-refractivity contribution in [3.8, 4) is 21.0 Å². The molecule has 4 heteroatoms. The fourth-order valence-corrected chi connectivity index (χ4v) is 4.12. The Balaban J connectivity index is 1.94. The average molecular weight is 379 g/mol. The first-order chi connectivity index (χ1) is 13.1. The number of aromatic nitrogens is 1. The van der Waals surface area contributed by atoms with Gasteiger partial charge in [-0.1, -0.05) is 74.0 Å². The highest BCUT2D eigenvalue weighted by Gasteiger charge is 2.18. The Bertz CT molecular complexity index is 881. The maximum absolute atomic E-state index is 12.6. The third-order valence-electron chi connectivity index (χ3n) is 4.71.